The van der Waals surface area contributed by atoms with Crippen LogP contribution in [0.2, 0.25) is 5.02 Å². The first kappa shape index (κ1) is 21.6. The molecule has 1 heterocycles. The van der Waals surface area contributed by atoms with E-state index in [1.807, 2.05) is 0 Å². The van der Waals surface area contributed by atoms with Gasteiger partial charge in [-0.2, -0.15) is 13.2 Å². The molecule has 2 aromatic rings. The van der Waals surface area contributed by atoms with Crippen molar-refractivity contribution in [1.82, 2.24) is 0 Å². The fourth-order valence-electron chi connectivity index (χ4n) is 3.02. The van der Waals surface area contributed by atoms with Crippen molar-refractivity contribution in [2.45, 2.75) is 12.6 Å². The van der Waals surface area contributed by atoms with Gasteiger partial charge in [0.2, 0.25) is 5.91 Å². The van der Waals surface area contributed by atoms with Crippen LogP contribution in [0.15, 0.2) is 48.5 Å². The van der Waals surface area contributed by atoms with Crippen molar-refractivity contribution >= 4 is 40.8 Å². The van der Waals surface area contributed by atoms with Gasteiger partial charge in [-0.3, -0.25) is 14.4 Å². The molecule has 1 atom stereocenters. The molecule has 10 heteroatoms. The molecule has 6 nitrogen and oxygen atoms in total. The second-order valence-electron chi connectivity index (χ2n) is 6.58. The Labute approximate surface area is 174 Å². The Morgan fingerprint density at radius 2 is 1.80 bits per heavy atom. The molecule has 1 aliphatic rings. The van der Waals surface area contributed by atoms with Gasteiger partial charge >= 0.3 is 12.1 Å². The van der Waals surface area contributed by atoms with Crippen molar-refractivity contribution in [2.75, 3.05) is 23.4 Å². The van der Waals surface area contributed by atoms with E-state index in [2.05, 4.69) is 5.32 Å². The number of halogens is 4. The van der Waals surface area contributed by atoms with Crippen molar-refractivity contribution < 1.29 is 32.3 Å². The molecule has 30 heavy (non-hydrogen) atoms. The van der Waals surface area contributed by atoms with Crippen molar-refractivity contribution in [2.24, 2.45) is 5.92 Å². The van der Waals surface area contributed by atoms with Crippen LogP contribution in [0.5, 0.6) is 0 Å². The van der Waals surface area contributed by atoms with E-state index in [1.54, 1.807) is 24.3 Å². The highest BCUT2D eigenvalue weighted by atomic mass is 35.5. The fourth-order valence-corrected chi connectivity index (χ4v) is 3.14. The molecule has 1 saturated heterocycles. The van der Waals surface area contributed by atoms with Gasteiger partial charge in [0.25, 0.3) is 5.91 Å². The number of carbonyl (C=O) groups is 3. The summed E-state index contributed by atoms with van der Waals surface area (Å²) in [4.78, 5) is 37.8. The highest BCUT2D eigenvalue weighted by Crippen LogP contribution is 2.34. The molecule has 1 fully saturated rings. The van der Waals surface area contributed by atoms with Crippen LogP contribution in [0.3, 0.4) is 0 Å². The normalized spacial score (nSPS) is 16.5. The van der Waals surface area contributed by atoms with Gasteiger partial charge in [0.1, 0.15) is 0 Å². The number of ether oxygens (including phenoxy) is 1. The van der Waals surface area contributed by atoms with Crippen molar-refractivity contribution in [3.8, 4) is 0 Å². The van der Waals surface area contributed by atoms with Crippen LogP contribution in [-0.4, -0.2) is 30.9 Å². The largest absolute Gasteiger partial charge is 0.455 e. The Morgan fingerprint density at radius 1 is 1.13 bits per heavy atom. The number of benzene rings is 2. The monoisotopic (exact) mass is 440 g/mol. The molecule has 0 saturated carbocycles. The lowest BCUT2D eigenvalue weighted by Gasteiger charge is -2.16. The second-order valence-corrected chi connectivity index (χ2v) is 7.02. The summed E-state index contributed by atoms with van der Waals surface area (Å²) in [5, 5.41) is 2.59. The van der Waals surface area contributed by atoms with E-state index >= 15 is 0 Å². The average molecular weight is 441 g/mol. The lowest BCUT2D eigenvalue weighted by atomic mass is 10.1. The summed E-state index contributed by atoms with van der Waals surface area (Å²) in [5.41, 5.74) is -0.873. The summed E-state index contributed by atoms with van der Waals surface area (Å²) in [5.74, 6) is -2.77. The third kappa shape index (κ3) is 5.10. The van der Waals surface area contributed by atoms with E-state index in [1.165, 1.54) is 17.0 Å². The summed E-state index contributed by atoms with van der Waals surface area (Å²) in [6, 6.07) is 11.0. The molecule has 1 aliphatic heterocycles. The van der Waals surface area contributed by atoms with Crippen LogP contribution in [-0.2, 0) is 25.3 Å². The number of alkyl halides is 3. The zero-order valence-corrected chi connectivity index (χ0v) is 16.2. The molecule has 158 valence electrons. The maximum atomic E-state index is 13.0. The highest BCUT2D eigenvalue weighted by molar-refractivity contribution is 6.30. The number of hydrogen-bond acceptors (Lipinski definition) is 4. The van der Waals surface area contributed by atoms with Crippen molar-refractivity contribution in [3.63, 3.8) is 0 Å². The quantitative estimate of drug-likeness (QED) is 0.716. The SMILES string of the molecule is O=C(COC(=O)[C@H]1CC(=O)N(c2ccc(Cl)cc2)C1)Nc1ccccc1C(F)(F)F. The molecule has 2 amide bonds. The van der Waals surface area contributed by atoms with E-state index in [0.29, 0.717) is 10.7 Å². The minimum absolute atomic E-state index is 0.0673. The van der Waals surface area contributed by atoms with Gasteiger partial charge in [0.15, 0.2) is 6.61 Å². The number of rotatable bonds is 5. The lowest BCUT2D eigenvalue weighted by molar-refractivity contribution is -0.151. The van der Waals surface area contributed by atoms with E-state index in [4.69, 9.17) is 16.3 Å². The Kier molecular flexibility index (Phi) is 6.31. The first-order valence-electron chi connectivity index (χ1n) is 8.84. The fraction of sp³-hybridized carbons (Fsp3) is 0.250. The molecule has 0 unspecified atom stereocenters. The Balaban J connectivity index is 1.55. The lowest BCUT2D eigenvalue weighted by Crippen LogP contribution is -2.28. The topological polar surface area (TPSA) is 75.7 Å². The van der Waals surface area contributed by atoms with Gasteiger partial charge in [-0.25, -0.2) is 0 Å². The predicted octanol–water partition coefficient (Wildman–Crippen LogP) is 3.89. The predicted molar refractivity (Wildman–Crippen MR) is 103 cm³/mol. The van der Waals surface area contributed by atoms with E-state index in [9.17, 15) is 27.6 Å². The average Bonchev–Trinajstić information content (AvgIpc) is 3.08. The number of nitrogens with one attached hydrogen (secondary N) is 1. The number of anilines is 2. The van der Waals surface area contributed by atoms with Crippen LogP contribution >= 0.6 is 11.6 Å². The van der Waals surface area contributed by atoms with Crippen LogP contribution in [0.4, 0.5) is 24.5 Å². The number of hydrogen-bond donors (Lipinski definition) is 1. The zero-order valence-electron chi connectivity index (χ0n) is 15.4. The summed E-state index contributed by atoms with van der Waals surface area (Å²) >= 11 is 5.82. The molecular formula is C20H16ClF3N2O4. The maximum Gasteiger partial charge on any atom is 0.418 e. The number of carbonyl (C=O) groups excluding carboxylic acids is 3. The first-order chi connectivity index (χ1) is 14.1. The smallest absolute Gasteiger partial charge is 0.418 e. The Morgan fingerprint density at radius 3 is 2.47 bits per heavy atom. The zero-order chi connectivity index (χ0) is 21.9. The number of esters is 1. The molecule has 2 aromatic carbocycles. The third-order valence-corrected chi connectivity index (χ3v) is 4.70. The molecule has 0 aliphatic carbocycles. The summed E-state index contributed by atoms with van der Waals surface area (Å²) in [6.45, 7) is -0.700. The van der Waals surface area contributed by atoms with Crippen LogP contribution in [0, 0.1) is 5.92 Å². The van der Waals surface area contributed by atoms with Crippen LogP contribution in [0.1, 0.15) is 12.0 Å². The Bertz CT molecular complexity index is 963. The van der Waals surface area contributed by atoms with Crippen LogP contribution < -0.4 is 10.2 Å². The minimum atomic E-state index is -4.64. The maximum absolute atomic E-state index is 13.0. The molecule has 0 aromatic heterocycles. The highest BCUT2D eigenvalue weighted by Gasteiger charge is 2.37. The van der Waals surface area contributed by atoms with E-state index in [-0.39, 0.29) is 18.9 Å². The number of amides is 2. The van der Waals surface area contributed by atoms with Gasteiger partial charge in [-0.05, 0) is 36.4 Å². The van der Waals surface area contributed by atoms with Crippen molar-refractivity contribution in [3.05, 3.63) is 59.1 Å². The summed E-state index contributed by atoms with van der Waals surface area (Å²) in [7, 11) is 0. The van der Waals surface area contributed by atoms with Gasteiger partial charge < -0.3 is 15.0 Å². The van der Waals surface area contributed by atoms with Crippen LogP contribution in [0.25, 0.3) is 0 Å². The summed E-state index contributed by atoms with van der Waals surface area (Å²) < 4.78 is 43.8. The minimum Gasteiger partial charge on any atom is -0.455 e. The Hall–Kier alpha value is -3.07. The van der Waals surface area contributed by atoms with Gasteiger partial charge in [0, 0.05) is 23.7 Å². The third-order valence-electron chi connectivity index (χ3n) is 4.45. The van der Waals surface area contributed by atoms with Gasteiger partial charge in [-0.1, -0.05) is 23.7 Å². The first-order valence-corrected chi connectivity index (χ1v) is 9.21. The van der Waals surface area contributed by atoms with Crippen molar-refractivity contribution in [1.29, 1.82) is 0 Å². The van der Waals surface area contributed by atoms with E-state index in [0.717, 1.165) is 12.1 Å². The molecule has 0 spiro atoms. The van der Waals surface area contributed by atoms with Gasteiger partial charge in [-0.15, -0.1) is 0 Å². The van der Waals surface area contributed by atoms with E-state index < -0.39 is 41.8 Å². The summed E-state index contributed by atoms with van der Waals surface area (Å²) in [6.07, 6.45) is -4.74. The van der Waals surface area contributed by atoms with Gasteiger partial charge in [0.05, 0.1) is 17.2 Å². The molecule has 0 bridgehead atoms. The number of nitrogens with zero attached hydrogens (tertiary/aromatic N) is 1. The molecule has 0 radical (unpaired) electrons. The standard InChI is InChI=1S/C20H16ClF3N2O4/c21-13-5-7-14(8-6-13)26-10-12(9-18(26)28)19(29)30-11-17(27)25-16-4-2-1-3-15(16)20(22,23)24/h1-8,12H,9-11H2,(H,25,27)/t12-/m0/s1. The molecule has 1 N–H and O–H groups in total. The second kappa shape index (κ2) is 8.74. The number of para-hydroxylation sites is 1. The molecule has 3 rings (SSSR count). The molecular weight excluding hydrogens is 425 g/mol.